The molecule has 1 saturated carbocycles. The van der Waals surface area contributed by atoms with Gasteiger partial charge < -0.3 is 10.1 Å². The van der Waals surface area contributed by atoms with Crippen LogP contribution >= 0.6 is 11.8 Å². The Bertz CT molecular complexity index is 605. The number of hydrogen-bond donors (Lipinski definition) is 2. The smallest absolute Gasteiger partial charge is 0.306 e. The zero-order valence-corrected chi connectivity index (χ0v) is 14.5. The summed E-state index contributed by atoms with van der Waals surface area (Å²) in [5, 5.41) is 8.02. The Kier molecular flexibility index (Phi) is 6.04. The maximum Gasteiger partial charge on any atom is 0.306 e. The van der Waals surface area contributed by atoms with Crippen LogP contribution in [-0.2, 0) is 24.3 Å². The van der Waals surface area contributed by atoms with E-state index >= 15 is 0 Å². The van der Waals surface area contributed by atoms with Gasteiger partial charge in [-0.25, -0.2) is 13.6 Å². The third-order valence-electron chi connectivity index (χ3n) is 3.75. The highest BCUT2D eigenvalue weighted by molar-refractivity contribution is 8.35. The molecule has 3 atom stereocenters. The molecule has 0 saturated heterocycles. The minimum Gasteiger partial charge on any atom is -0.466 e. The molecule has 0 spiro atoms. The molecule has 1 heterocycles. The lowest BCUT2D eigenvalue weighted by Gasteiger charge is -2.30. The molecule has 130 valence electrons. The van der Waals surface area contributed by atoms with E-state index in [2.05, 4.69) is 10.3 Å². The molecule has 0 radical (unpaired) electrons. The van der Waals surface area contributed by atoms with Crippen LogP contribution in [0.4, 0.5) is 0 Å². The first kappa shape index (κ1) is 18.2. The van der Waals surface area contributed by atoms with Crippen LogP contribution in [0.5, 0.6) is 0 Å². The summed E-state index contributed by atoms with van der Waals surface area (Å²) < 4.78 is 27.5. The molecule has 2 aliphatic rings. The first-order chi connectivity index (χ1) is 10.8. The summed E-state index contributed by atoms with van der Waals surface area (Å²) in [4.78, 5) is 27.3. The topological polar surface area (TPSA) is 128 Å². The van der Waals surface area contributed by atoms with Gasteiger partial charge in [-0.2, -0.15) is 0 Å². The zero-order chi connectivity index (χ0) is 17.0. The lowest BCUT2D eigenvalue weighted by Crippen LogP contribution is -2.42. The van der Waals surface area contributed by atoms with Crippen LogP contribution in [0.2, 0.25) is 0 Å². The van der Waals surface area contributed by atoms with Gasteiger partial charge in [-0.3, -0.25) is 14.6 Å². The number of carbonyl (C=O) groups is 2. The van der Waals surface area contributed by atoms with Crippen molar-refractivity contribution in [3.63, 3.8) is 0 Å². The van der Waals surface area contributed by atoms with Gasteiger partial charge in [-0.05, 0) is 26.2 Å². The molecular formula is C13H21N3O5S2. The highest BCUT2D eigenvalue weighted by Crippen LogP contribution is 2.38. The van der Waals surface area contributed by atoms with Crippen molar-refractivity contribution in [3.05, 3.63) is 0 Å². The van der Waals surface area contributed by atoms with Gasteiger partial charge in [-0.1, -0.05) is 11.8 Å². The molecule has 1 amide bonds. The first-order valence-corrected chi connectivity index (χ1v) is 9.94. The van der Waals surface area contributed by atoms with Crippen molar-refractivity contribution in [1.29, 1.82) is 0 Å². The molecule has 1 aliphatic carbocycles. The molecule has 2 rings (SSSR count). The van der Waals surface area contributed by atoms with Gasteiger partial charge >= 0.3 is 5.97 Å². The van der Waals surface area contributed by atoms with Crippen LogP contribution in [0.3, 0.4) is 0 Å². The summed E-state index contributed by atoms with van der Waals surface area (Å²) in [7, 11) is -3.75. The van der Waals surface area contributed by atoms with Crippen LogP contribution in [0.15, 0.2) is 4.99 Å². The number of sulfonamides is 1. The summed E-state index contributed by atoms with van der Waals surface area (Å²) >= 11 is 1.17. The van der Waals surface area contributed by atoms with Gasteiger partial charge in [0, 0.05) is 17.7 Å². The fourth-order valence-corrected chi connectivity index (χ4v) is 5.03. The van der Waals surface area contributed by atoms with E-state index in [4.69, 9.17) is 9.88 Å². The number of amides is 1. The van der Waals surface area contributed by atoms with Crippen molar-refractivity contribution in [2.24, 2.45) is 10.1 Å². The van der Waals surface area contributed by atoms with Crippen molar-refractivity contribution in [1.82, 2.24) is 5.32 Å². The monoisotopic (exact) mass is 363 g/mol. The van der Waals surface area contributed by atoms with E-state index in [-0.39, 0.29) is 46.4 Å². The molecule has 23 heavy (non-hydrogen) atoms. The molecule has 0 aromatic rings. The van der Waals surface area contributed by atoms with Gasteiger partial charge in [0.1, 0.15) is 0 Å². The number of esters is 1. The summed E-state index contributed by atoms with van der Waals surface area (Å²) in [6.07, 6.45) is 2.23. The van der Waals surface area contributed by atoms with E-state index in [0.29, 0.717) is 19.4 Å². The van der Waals surface area contributed by atoms with Crippen molar-refractivity contribution < 1.29 is 22.7 Å². The Morgan fingerprint density at radius 1 is 1.39 bits per heavy atom. The number of aliphatic imine (C=N–C) groups is 1. The second-order valence-corrected chi connectivity index (χ2v) is 8.51. The van der Waals surface area contributed by atoms with E-state index in [9.17, 15) is 18.0 Å². The van der Waals surface area contributed by atoms with Gasteiger partial charge in [0.15, 0.2) is 4.38 Å². The van der Waals surface area contributed by atoms with Crippen LogP contribution in [0.1, 0.15) is 39.0 Å². The molecule has 1 aliphatic heterocycles. The number of fused-ring (bicyclic) bond motifs is 1. The van der Waals surface area contributed by atoms with Gasteiger partial charge in [-0.15, -0.1) is 0 Å². The predicted molar refractivity (Wildman–Crippen MR) is 87.4 cm³/mol. The van der Waals surface area contributed by atoms with Crippen molar-refractivity contribution in [2.45, 2.75) is 56.4 Å². The van der Waals surface area contributed by atoms with E-state index in [1.54, 1.807) is 6.92 Å². The lowest BCUT2D eigenvalue weighted by molar-refractivity contribution is -0.144. The molecule has 0 aromatic carbocycles. The number of hydrogen-bond acceptors (Lipinski definition) is 7. The summed E-state index contributed by atoms with van der Waals surface area (Å²) in [5.41, 5.74) is 0. The third-order valence-corrected chi connectivity index (χ3v) is 6.44. The number of ether oxygens (including phenoxy) is 1. The molecule has 0 aromatic heterocycles. The predicted octanol–water partition coefficient (Wildman–Crippen LogP) is 0.127. The number of thioether (sulfide) groups is 1. The maximum atomic E-state index is 11.9. The quantitative estimate of drug-likeness (QED) is 0.668. The Balaban J connectivity index is 1.78. The van der Waals surface area contributed by atoms with E-state index in [1.165, 1.54) is 11.8 Å². The standard InChI is InChI=1S/C13H21N3O5S2/c1-2-21-12(18)6-5-11(17)15-8-3-4-9-10(7-8)22-13(16-9)23(14,19)20/h8-10H,2-7H2,1H3,(H,15,17)(H2,14,19,20). The molecule has 10 heteroatoms. The second-order valence-electron chi connectivity index (χ2n) is 5.55. The fraction of sp³-hybridized carbons (Fsp3) is 0.769. The minimum absolute atomic E-state index is 0.0122. The minimum atomic E-state index is -3.75. The highest BCUT2D eigenvalue weighted by Gasteiger charge is 2.39. The van der Waals surface area contributed by atoms with Crippen LogP contribution < -0.4 is 10.5 Å². The fourth-order valence-electron chi connectivity index (χ4n) is 2.70. The lowest BCUT2D eigenvalue weighted by atomic mass is 9.91. The zero-order valence-electron chi connectivity index (χ0n) is 12.9. The number of nitrogens with one attached hydrogen (secondary N) is 1. The average molecular weight is 363 g/mol. The number of nitrogens with zero attached hydrogens (tertiary/aromatic N) is 1. The molecular weight excluding hydrogens is 342 g/mol. The van der Waals surface area contributed by atoms with Crippen molar-refractivity contribution in [2.75, 3.05) is 6.61 Å². The van der Waals surface area contributed by atoms with Gasteiger partial charge in [0.2, 0.25) is 5.91 Å². The van der Waals surface area contributed by atoms with E-state index in [1.807, 2.05) is 0 Å². The Labute approximate surface area is 139 Å². The maximum absolute atomic E-state index is 11.9. The van der Waals surface area contributed by atoms with E-state index in [0.717, 1.165) is 6.42 Å². The number of rotatable bonds is 5. The Morgan fingerprint density at radius 2 is 2.13 bits per heavy atom. The SMILES string of the molecule is CCOC(=O)CCC(=O)NC1CCC2N=C(S(N)(=O)=O)SC2C1. The number of primary sulfonamides is 1. The number of nitrogens with two attached hydrogens (primary N) is 1. The largest absolute Gasteiger partial charge is 0.466 e. The van der Waals surface area contributed by atoms with Gasteiger partial charge in [0.25, 0.3) is 10.0 Å². The average Bonchev–Trinajstić information content (AvgIpc) is 2.89. The molecule has 1 fully saturated rings. The molecule has 3 N–H and O–H groups in total. The van der Waals surface area contributed by atoms with Gasteiger partial charge in [0.05, 0.1) is 19.1 Å². The number of carbonyl (C=O) groups excluding carboxylic acids is 2. The van der Waals surface area contributed by atoms with Crippen molar-refractivity contribution >= 4 is 38.0 Å². The normalized spacial score (nSPS) is 27.0. The van der Waals surface area contributed by atoms with Crippen molar-refractivity contribution in [3.8, 4) is 0 Å². The molecule has 0 bridgehead atoms. The first-order valence-electron chi connectivity index (χ1n) is 7.52. The molecule has 3 unspecified atom stereocenters. The van der Waals surface area contributed by atoms with Crippen LogP contribution in [-0.4, -0.2) is 48.6 Å². The third kappa shape index (κ3) is 5.18. The Morgan fingerprint density at radius 3 is 2.78 bits per heavy atom. The Hall–Kier alpha value is -1.13. The second kappa shape index (κ2) is 7.63. The van der Waals surface area contributed by atoms with Crippen LogP contribution in [0.25, 0.3) is 0 Å². The summed E-state index contributed by atoms with van der Waals surface area (Å²) in [6.45, 7) is 2.02. The van der Waals surface area contributed by atoms with Crippen LogP contribution in [0, 0.1) is 0 Å². The summed E-state index contributed by atoms with van der Waals surface area (Å²) in [5.74, 6) is -0.582. The molecule has 8 nitrogen and oxygen atoms in total. The summed E-state index contributed by atoms with van der Waals surface area (Å²) in [6, 6.07) is -0.0884. The van der Waals surface area contributed by atoms with E-state index < -0.39 is 10.0 Å². The highest BCUT2D eigenvalue weighted by atomic mass is 32.3.